The number of sulfone groups is 1. The minimum Gasteiger partial charge on any atom is -0.459 e. The summed E-state index contributed by atoms with van der Waals surface area (Å²) in [7, 11) is -3.28. The van der Waals surface area contributed by atoms with Crippen molar-refractivity contribution in [2.24, 2.45) is 0 Å². The van der Waals surface area contributed by atoms with Gasteiger partial charge < -0.3 is 9.73 Å². The van der Waals surface area contributed by atoms with Crippen LogP contribution in [0.3, 0.4) is 0 Å². The number of aryl methyl sites for hydroxylation is 1. The molecule has 1 amide bonds. The minimum absolute atomic E-state index is 0.185. The maximum Gasteiger partial charge on any atom is 0.251 e. The van der Waals surface area contributed by atoms with Crippen LogP contribution in [0.5, 0.6) is 0 Å². The molecule has 0 spiro atoms. The Kier molecular flexibility index (Phi) is 4.39. The van der Waals surface area contributed by atoms with Gasteiger partial charge in [0.1, 0.15) is 11.3 Å². The highest BCUT2D eigenvalue weighted by Gasteiger charge is 2.19. The van der Waals surface area contributed by atoms with E-state index in [1.165, 1.54) is 24.3 Å². The van der Waals surface area contributed by atoms with Crippen LogP contribution in [-0.2, 0) is 9.84 Å². The molecule has 0 saturated heterocycles. The summed E-state index contributed by atoms with van der Waals surface area (Å²) in [5.74, 6) is 0.426. The summed E-state index contributed by atoms with van der Waals surface area (Å²) in [4.78, 5) is 12.6. The van der Waals surface area contributed by atoms with Crippen molar-refractivity contribution in [1.82, 2.24) is 5.32 Å². The molecular weight excluding hydrogens is 338 g/mol. The van der Waals surface area contributed by atoms with Crippen molar-refractivity contribution in [3.63, 3.8) is 0 Å². The average Bonchev–Trinajstić information content (AvgIpc) is 2.91. The standard InChI is InChI=1S/C19H19NO4S/c1-12-16-6-4-5-7-17(16)24-18(12)13(2)20-19(21)14-8-10-15(11-9-14)25(3,22)23/h4-11,13H,1-3H3,(H,20,21)/t13-/m0/s1. The molecule has 0 fully saturated rings. The Balaban J connectivity index is 1.81. The molecule has 25 heavy (non-hydrogen) atoms. The number of furan rings is 1. The summed E-state index contributed by atoms with van der Waals surface area (Å²) in [6.07, 6.45) is 1.13. The quantitative estimate of drug-likeness (QED) is 0.773. The van der Waals surface area contributed by atoms with Crippen LogP contribution in [0, 0.1) is 6.92 Å². The molecule has 130 valence electrons. The van der Waals surface area contributed by atoms with Crippen LogP contribution in [-0.4, -0.2) is 20.6 Å². The number of nitrogens with one attached hydrogen (secondary N) is 1. The molecule has 1 aromatic heterocycles. The van der Waals surface area contributed by atoms with Crippen molar-refractivity contribution in [2.75, 3.05) is 6.26 Å². The third-order valence-electron chi connectivity index (χ3n) is 4.17. The number of carbonyl (C=O) groups excluding carboxylic acids is 1. The summed E-state index contributed by atoms with van der Waals surface area (Å²) < 4.78 is 28.8. The number of carbonyl (C=O) groups is 1. The second-order valence-corrected chi connectivity index (χ2v) is 8.09. The molecule has 1 N–H and O–H groups in total. The first-order chi connectivity index (χ1) is 11.8. The van der Waals surface area contributed by atoms with Crippen molar-refractivity contribution < 1.29 is 17.6 Å². The lowest BCUT2D eigenvalue weighted by Crippen LogP contribution is -2.26. The monoisotopic (exact) mass is 357 g/mol. The first-order valence-electron chi connectivity index (χ1n) is 7.86. The predicted molar refractivity (Wildman–Crippen MR) is 96.4 cm³/mol. The van der Waals surface area contributed by atoms with Crippen LogP contribution < -0.4 is 5.32 Å². The van der Waals surface area contributed by atoms with Gasteiger partial charge in [-0.15, -0.1) is 0 Å². The Morgan fingerprint density at radius 1 is 1.08 bits per heavy atom. The van der Waals surface area contributed by atoms with Crippen molar-refractivity contribution in [3.05, 3.63) is 65.4 Å². The Morgan fingerprint density at radius 2 is 1.72 bits per heavy atom. The Morgan fingerprint density at radius 3 is 2.32 bits per heavy atom. The molecule has 0 aliphatic rings. The molecular formula is C19H19NO4S. The topological polar surface area (TPSA) is 76.4 Å². The molecule has 3 rings (SSSR count). The first-order valence-corrected chi connectivity index (χ1v) is 9.75. The third kappa shape index (κ3) is 3.44. The normalized spacial score (nSPS) is 12.9. The van der Waals surface area contributed by atoms with Gasteiger partial charge in [-0.1, -0.05) is 18.2 Å². The molecule has 3 aromatic rings. The highest BCUT2D eigenvalue weighted by atomic mass is 32.2. The number of rotatable bonds is 4. The number of hydrogen-bond donors (Lipinski definition) is 1. The zero-order valence-electron chi connectivity index (χ0n) is 14.2. The summed E-state index contributed by atoms with van der Waals surface area (Å²) >= 11 is 0. The van der Waals surface area contributed by atoms with Gasteiger partial charge in [-0.3, -0.25) is 4.79 Å². The molecule has 0 unspecified atom stereocenters. The molecule has 0 saturated carbocycles. The van der Waals surface area contributed by atoms with Crippen LogP contribution in [0.1, 0.15) is 34.6 Å². The Bertz CT molecular complexity index is 1030. The van der Waals surface area contributed by atoms with Crippen molar-refractivity contribution in [2.45, 2.75) is 24.8 Å². The molecule has 2 aromatic carbocycles. The zero-order valence-corrected chi connectivity index (χ0v) is 15.1. The third-order valence-corrected chi connectivity index (χ3v) is 5.29. The van der Waals surface area contributed by atoms with Crippen molar-refractivity contribution >= 4 is 26.7 Å². The molecule has 6 heteroatoms. The molecule has 1 heterocycles. The largest absolute Gasteiger partial charge is 0.459 e. The highest BCUT2D eigenvalue weighted by molar-refractivity contribution is 7.90. The molecule has 0 bridgehead atoms. The van der Waals surface area contributed by atoms with Crippen LogP contribution in [0.15, 0.2) is 57.8 Å². The average molecular weight is 357 g/mol. The van der Waals surface area contributed by atoms with Gasteiger partial charge >= 0.3 is 0 Å². The predicted octanol–water partition coefficient (Wildman–Crippen LogP) is 3.64. The van der Waals surface area contributed by atoms with Crippen LogP contribution in [0.2, 0.25) is 0 Å². The fraction of sp³-hybridized carbons (Fsp3) is 0.211. The lowest BCUT2D eigenvalue weighted by Gasteiger charge is -2.13. The van der Waals surface area contributed by atoms with Crippen LogP contribution >= 0.6 is 0 Å². The van der Waals surface area contributed by atoms with E-state index >= 15 is 0 Å². The Hall–Kier alpha value is -2.60. The lowest BCUT2D eigenvalue weighted by molar-refractivity contribution is 0.0935. The molecule has 0 radical (unpaired) electrons. The van der Waals surface area contributed by atoms with E-state index < -0.39 is 9.84 Å². The van der Waals surface area contributed by atoms with E-state index in [1.54, 1.807) is 0 Å². The fourth-order valence-electron chi connectivity index (χ4n) is 2.81. The fourth-order valence-corrected chi connectivity index (χ4v) is 3.44. The molecule has 0 aliphatic carbocycles. The van der Waals surface area contributed by atoms with Crippen molar-refractivity contribution in [3.8, 4) is 0 Å². The van der Waals surface area contributed by atoms with Gasteiger partial charge in [0, 0.05) is 22.8 Å². The van der Waals surface area contributed by atoms with Crippen molar-refractivity contribution in [1.29, 1.82) is 0 Å². The smallest absolute Gasteiger partial charge is 0.251 e. The van der Waals surface area contributed by atoms with E-state index in [4.69, 9.17) is 4.42 Å². The van der Waals surface area contributed by atoms with Crippen LogP contribution in [0.25, 0.3) is 11.0 Å². The van der Waals surface area contributed by atoms with E-state index in [-0.39, 0.29) is 16.8 Å². The van der Waals surface area contributed by atoms with Crippen LogP contribution in [0.4, 0.5) is 0 Å². The lowest BCUT2D eigenvalue weighted by atomic mass is 10.1. The SMILES string of the molecule is Cc1c([C@H](C)NC(=O)c2ccc(S(C)(=O)=O)cc2)oc2ccccc12. The number of para-hydroxylation sites is 1. The van der Waals surface area contributed by atoms with Gasteiger partial charge in [-0.25, -0.2) is 8.42 Å². The number of hydrogen-bond acceptors (Lipinski definition) is 4. The summed E-state index contributed by atoms with van der Waals surface area (Å²) in [5, 5.41) is 3.91. The second kappa shape index (κ2) is 6.37. The van der Waals surface area contributed by atoms with E-state index in [1.807, 2.05) is 38.1 Å². The minimum atomic E-state index is -3.28. The van der Waals surface area contributed by atoms with Gasteiger partial charge in [-0.05, 0) is 44.2 Å². The first kappa shape index (κ1) is 17.2. The summed E-state index contributed by atoms with van der Waals surface area (Å²) in [5.41, 5.74) is 2.18. The van der Waals surface area contributed by atoms with Gasteiger partial charge in [0.25, 0.3) is 5.91 Å². The van der Waals surface area contributed by atoms with Gasteiger partial charge in [0.15, 0.2) is 9.84 Å². The van der Waals surface area contributed by atoms with Gasteiger partial charge in [-0.2, -0.15) is 0 Å². The molecule has 1 atom stereocenters. The molecule has 0 aliphatic heterocycles. The highest BCUT2D eigenvalue weighted by Crippen LogP contribution is 2.29. The molecule has 5 nitrogen and oxygen atoms in total. The van der Waals surface area contributed by atoms with E-state index in [0.29, 0.717) is 11.3 Å². The second-order valence-electron chi connectivity index (χ2n) is 6.08. The van der Waals surface area contributed by atoms with E-state index in [9.17, 15) is 13.2 Å². The van der Waals surface area contributed by atoms with E-state index in [2.05, 4.69) is 5.32 Å². The maximum absolute atomic E-state index is 12.4. The number of benzene rings is 2. The summed E-state index contributed by atoms with van der Waals surface area (Å²) in [6, 6.07) is 13.3. The summed E-state index contributed by atoms with van der Waals surface area (Å²) in [6.45, 7) is 3.82. The maximum atomic E-state index is 12.4. The zero-order chi connectivity index (χ0) is 18.2. The van der Waals surface area contributed by atoms with Gasteiger partial charge in [0.2, 0.25) is 0 Å². The number of fused-ring (bicyclic) bond motifs is 1. The van der Waals surface area contributed by atoms with E-state index in [0.717, 1.165) is 22.8 Å². The number of amides is 1. The Labute approximate surface area is 146 Å². The van der Waals surface area contributed by atoms with Gasteiger partial charge in [0.05, 0.1) is 10.9 Å².